The van der Waals surface area contributed by atoms with Crippen molar-refractivity contribution in [3.63, 3.8) is 0 Å². The van der Waals surface area contributed by atoms with Gasteiger partial charge in [-0.2, -0.15) is 8.78 Å². The van der Waals surface area contributed by atoms with Crippen LogP contribution >= 0.6 is 23.2 Å². The van der Waals surface area contributed by atoms with Crippen molar-refractivity contribution in [1.29, 1.82) is 0 Å². The molecule has 3 atom stereocenters. The molecule has 3 saturated heterocycles. The van der Waals surface area contributed by atoms with Gasteiger partial charge in [-0.25, -0.2) is 9.18 Å². The molecule has 4 fully saturated rings. The van der Waals surface area contributed by atoms with Gasteiger partial charge in [0.05, 0.1) is 16.7 Å². The first-order chi connectivity index (χ1) is 28.0. The highest BCUT2D eigenvalue weighted by Crippen LogP contribution is 2.38. The zero-order chi connectivity index (χ0) is 40.8. The van der Waals surface area contributed by atoms with Gasteiger partial charge in [0, 0.05) is 36.6 Å². The van der Waals surface area contributed by atoms with Crippen molar-refractivity contribution in [2.24, 2.45) is 11.8 Å². The number of alkyl halides is 2. The molecule has 306 valence electrons. The molecular weight excluding hydrogens is 800 g/mol. The number of fused-ring (bicyclic) bond motifs is 3. The molecule has 4 aliphatic rings. The summed E-state index contributed by atoms with van der Waals surface area (Å²) in [5, 5.41) is 6.10. The molecule has 1 unspecified atom stereocenters. The van der Waals surface area contributed by atoms with Crippen molar-refractivity contribution in [3.8, 4) is 11.5 Å². The van der Waals surface area contributed by atoms with E-state index in [0.29, 0.717) is 41.4 Å². The number of rotatable bonds is 17. The van der Waals surface area contributed by atoms with Crippen LogP contribution < -0.4 is 20.1 Å². The maximum absolute atomic E-state index is 14.4. The number of amides is 1. The molecule has 0 spiro atoms. The number of benzene rings is 3. The molecule has 11 nitrogen and oxygen atoms in total. The fourth-order valence-electron chi connectivity index (χ4n) is 7.17. The summed E-state index contributed by atoms with van der Waals surface area (Å²) < 4.78 is 63.2. The molecule has 4 heterocycles. The second-order valence-electron chi connectivity index (χ2n) is 14.6. The fraction of sp³-hybridized carbons (Fsp3) is 0.381. The molecule has 58 heavy (non-hydrogen) atoms. The van der Waals surface area contributed by atoms with Crippen LogP contribution in [0.4, 0.5) is 18.9 Å². The van der Waals surface area contributed by atoms with Crippen LogP contribution in [0.3, 0.4) is 0 Å². The molecule has 1 saturated carbocycles. The van der Waals surface area contributed by atoms with Gasteiger partial charge in [0.1, 0.15) is 24.6 Å². The number of aromatic nitrogens is 1. The third-order valence-electron chi connectivity index (χ3n) is 10.5. The lowest BCUT2D eigenvalue weighted by molar-refractivity contribution is -0.160. The minimum absolute atomic E-state index is 0.0285. The summed E-state index contributed by atoms with van der Waals surface area (Å²) in [5.41, 5.74) is 1.67. The molecule has 1 aromatic heterocycles. The summed E-state index contributed by atoms with van der Waals surface area (Å²) in [5.74, 6) is -2.11. The largest absolute Gasteiger partial charge is 0.489 e. The Bertz CT molecular complexity index is 2100. The Hall–Kier alpha value is -5.05. The number of carbonyl (C=O) groups is 3. The average molecular weight is 842 g/mol. The third-order valence-corrected chi connectivity index (χ3v) is 11.1. The molecule has 0 radical (unpaired) electrons. The number of halogens is 5. The molecular formula is C42H41Cl2F3N4O7. The van der Waals surface area contributed by atoms with Crippen molar-refractivity contribution >= 4 is 46.7 Å². The van der Waals surface area contributed by atoms with Gasteiger partial charge in [-0.3, -0.25) is 19.5 Å². The van der Waals surface area contributed by atoms with Gasteiger partial charge in [-0.05, 0) is 110 Å². The van der Waals surface area contributed by atoms with Gasteiger partial charge < -0.3 is 29.6 Å². The molecule has 3 aliphatic heterocycles. The number of anilines is 1. The Kier molecular flexibility index (Phi) is 13.2. The first-order valence-corrected chi connectivity index (χ1v) is 19.8. The Morgan fingerprint density at radius 1 is 0.897 bits per heavy atom. The smallest absolute Gasteiger partial charge is 0.387 e. The van der Waals surface area contributed by atoms with E-state index >= 15 is 0 Å². The standard InChI is InChI=1S/C42H41Cl2F3N4O7/c43-32-19-48-20-33(44)31(32)18-35(26-9-10-34(58-42(46)47)36(17-26)55-23-24-7-8-24)56-38(52)21-49-40(53)28-4-2-6-30(16-28)50-39(27-3-1-5-29(45)15-27)41(54)57-37-22-51-13-11-25(37)12-14-51/h1-6,9-10,15-17,19-20,24-25,35,37,39,42,50H,7-8,11-14,18,21-23H2,(H,49,53)/t35-,37-,39?/m0/s1. The molecule has 1 amide bonds. The lowest BCUT2D eigenvalue weighted by Gasteiger charge is -2.44. The van der Waals surface area contributed by atoms with Crippen LogP contribution in [-0.2, 0) is 25.5 Å². The zero-order valence-corrected chi connectivity index (χ0v) is 32.7. The van der Waals surface area contributed by atoms with Crippen molar-refractivity contribution < 1.29 is 46.5 Å². The minimum Gasteiger partial charge on any atom is -0.489 e. The van der Waals surface area contributed by atoms with E-state index < -0.39 is 49.0 Å². The van der Waals surface area contributed by atoms with Gasteiger partial charge in [0.15, 0.2) is 17.5 Å². The molecule has 4 aromatic rings. The Morgan fingerprint density at radius 2 is 1.66 bits per heavy atom. The lowest BCUT2D eigenvalue weighted by Crippen LogP contribution is -2.52. The maximum Gasteiger partial charge on any atom is 0.387 e. The van der Waals surface area contributed by atoms with Gasteiger partial charge in [0.2, 0.25) is 0 Å². The molecule has 8 rings (SSSR count). The van der Waals surface area contributed by atoms with E-state index in [1.54, 1.807) is 18.2 Å². The SMILES string of the molecule is O=C(CNC(=O)c1cccc(NC(C(=O)O[C@H]2CN3CCC2CC3)c2cccc(F)c2)c1)O[C@@H](Cc1c(Cl)cncc1Cl)c1ccc(OC(F)F)c(OCC2CC2)c1. The number of nitrogens with one attached hydrogen (secondary N) is 2. The van der Waals surface area contributed by atoms with Crippen LogP contribution in [-0.4, -0.2) is 73.2 Å². The van der Waals surface area contributed by atoms with E-state index in [2.05, 4.69) is 25.3 Å². The number of pyridine rings is 1. The highest BCUT2D eigenvalue weighted by molar-refractivity contribution is 6.35. The highest BCUT2D eigenvalue weighted by Gasteiger charge is 2.38. The predicted octanol–water partition coefficient (Wildman–Crippen LogP) is 7.97. The molecule has 16 heteroatoms. The van der Waals surface area contributed by atoms with Crippen LogP contribution in [0.15, 0.2) is 79.1 Å². The Morgan fingerprint density at radius 3 is 2.34 bits per heavy atom. The number of carbonyl (C=O) groups excluding carboxylic acids is 3. The predicted molar refractivity (Wildman–Crippen MR) is 209 cm³/mol. The van der Waals surface area contributed by atoms with Crippen molar-refractivity contribution in [2.45, 2.75) is 57.0 Å². The Balaban J connectivity index is 1.04. The summed E-state index contributed by atoms with van der Waals surface area (Å²) in [6, 6.07) is 15.1. The van der Waals surface area contributed by atoms with Crippen LogP contribution in [0.2, 0.25) is 10.0 Å². The first-order valence-electron chi connectivity index (χ1n) is 19.0. The average Bonchev–Trinajstić information content (AvgIpc) is 4.05. The van der Waals surface area contributed by atoms with Crippen LogP contribution in [0, 0.1) is 17.7 Å². The normalized spacial score (nSPS) is 19.5. The number of hydrogen-bond donors (Lipinski definition) is 2. The number of nitrogens with zero attached hydrogens (tertiary/aromatic N) is 2. The van der Waals surface area contributed by atoms with Crippen molar-refractivity contribution in [2.75, 3.05) is 38.1 Å². The monoisotopic (exact) mass is 840 g/mol. The van der Waals surface area contributed by atoms with Gasteiger partial charge in [0.25, 0.3) is 5.91 Å². The maximum atomic E-state index is 14.4. The molecule has 1 aliphatic carbocycles. The van der Waals surface area contributed by atoms with Crippen molar-refractivity contribution in [3.05, 3.63) is 117 Å². The van der Waals surface area contributed by atoms with E-state index in [9.17, 15) is 27.6 Å². The summed E-state index contributed by atoms with van der Waals surface area (Å²) in [6.45, 7) is -0.761. The number of hydrogen-bond acceptors (Lipinski definition) is 10. The van der Waals surface area contributed by atoms with E-state index in [-0.39, 0.29) is 45.6 Å². The van der Waals surface area contributed by atoms with E-state index in [1.165, 1.54) is 60.9 Å². The Labute approximate surface area is 343 Å². The molecule has 2 bridgehead atoms. The lowest BCUT2D eigenvalue weighted by atomic mass is 9.86. The van der Waals surface area contributed by atoms with Gasteiger partial charge >= 0.3 is 18.6 Å². The summed E-state index contributed by atoms with van der Waals surface area (Å²) in [7, 11) is 0. The van der Waals surface area contributed by atoms with E-state index in [4.69, 9.17) is 37.4 Å². The minimum atomic E-state index is -3.09. The summed E-state index contributed by atoms with van der Waals surface area (Å²) >= 11 is 12.8. The molecule has 3 aromatic carbocycles. The summed E-state index contributed by atoms with van der Waals surface area (Å²) in [4.78, 5) is 46.6. The van der Waals surface area contributed by atoms with Crippen molar-refractivity contribution in [1.82, 2.24) is 15.2 Å². The highest BCUT2D eigenvalue weighted by atomic mass is 35.5. The topological polar surface area (TPSA) is 128 Å². The van der Waals surface area contributed by atoms with Crippen LogP contribution in [0.5, 0.6) is 11.5 Å². The number of ether oxygens (including phenoxy) is 4. The van der Waals surface area contributed by atoms with Crippen LogP contribution in [0.1, 0.15) is 64.9 Å². The van der Waals surface area contributed by atoms with Crippen LogP contribution in [0.25, 0.3) is 0 Å². The zero-order valence-electron chi connectivity index (χ0n) is 31.2. The second kappa shape index (κ2) is 18.7. The van der Waals surface area contributed by atoms with Gasteiger partial charge in [-0.1, -0.05) is 47.5 Å². The summed E-state index contributed by atoms with van der Waals surface area (Å²) in [6.07, 6.45) is 5.21. The number of esters is 2. The third kappa shape index (κ3) is 10.7. The first kappa shape index (κ1) is 41.1. The van der Waals surface area contributed by atoms with Gasteiger partial charge in [-0.15, -0.1) is 0 Å². The quantitative estimate of drug-likeness (QED) is 0.101. The second-order valence-corrected chi connectivity index (χ2v) is 15.4. The van der Waals surface area contributed by atoms with E-state index in [0.717, 1.165) is 38.8 Å². The fourth-order valence-corrected chi connectivity index (χ4v) is 7.69. The van der Waals surface area contributed by atoms with E-state index in [1.807, 2.05) is 0 Å². The molecule has 2 N–H and O–H groups in total. The number of piperidine rings is 3.